The number of likely N-dealkylation sites (N-methyl/N-ethyl adjacent to an activating group) is 1. The number of rotatable bonds is 6. The third-order valence-corrected chi connectivity index (χ3v) is 2.85. The van der Waals surface area contributed by atoms with Crippen molar-refractivity contribution >= 4 is 12.0 Å². The molecule has 0 saturated carbocycles. The summed E-state index contributed by atoms with van der Waals surface area (Å²) in [6.07, 6.45) is 2.68. The summed E-state index contributed by atoms with van der Waals surface area (Å²) in [6, 6.07) is 7.81. The summed E-state index contributed by atoms with van der Waals surface area (Å²) in [6.45, 7) is 2.85. The van der Waals surface area contributed by atoms with Crippen molar-refractivity contribution in [3.8, 4) is 0 Å². The molecule has 2 N–H and O–H groups in total. The number of carboxylic acid groups (broad SMARTS) is 1. The smallest absolute Gasteiger partial charge is 0.328 e. The van der Waals surface area contributed by atoms with Gasteiger partial charge in [0.25, 0.3) is 0 Å². The molecule has 1 rings (SSSR count). The van der Waals surface area contributed by atoms with Gasteiger partial charge in [-0.25, -0.2) is 4.79 Å². The monoisotopic (exact) mass is 249 g/mol. The van der Waals surface area contributed by atoms with Gasteiger partial charge in [-0.15, -0.1) is 0 Å². The molecule has 4 nitrogen and oxygen atoms in total. The van der Waals surface area contributed by atoms with E-state index in [-0.39, 0.29) is 12.6 Å². The van der Waals surface area contributed by atoms with Gasteiger partial charge in [0.2, 0.25) is 0 Å². The second-order valence-corrected chi connectivity index (χ2v) is 4.36. The normalized spacial score (nSPS) is 13.1. The third-order valence-electron chi connectivity index (χ3n) is 2.85. The van der Waals surface area contributed by atoms with E-state index in [1.165, 1.54) is 0 Å². The number of hydrogen-bond donors (Lipinski definition) is 2. The van der Waals surface area contributed by atoms with Crippen molar-refractivity contribution in [1.29, 1.82) is 0 Å². The Bertz CT molecular complexity index is 412. The molecule has 0 fully saturated rings. The molecular weight excluding hydrogens is 230 g/mol. The van der Waals surface area contributed by atoms with E-state index in [2.05, 4.69) is 4.90 Å². The molecule has 0 bridgehead atoms. The third kappa shape index (κ3) is 4.69. The summed E-state index contributed by atoms with van der Waals surface area (Å²) in [5.41, 5.74) is 1.99. The first kappa shape index (κ1) is 14.4. The van der Waals surface area contributed by atoms with E-state index in [0.717, 1.165) is 23.7 Å². The van der Waals surface area contributed by atoms with Gasteiger partial charge in [-0.05, 0) is 31.2 Å². The highest BCUT2D eigenvalue weighted by atomic mass is 16.4. The lowest BCUT2D eigenvalue weighted by molar-refractivity contribution is -0.131. The van der Waals surface area contributed by atoms with E-state index in [1.54, 1.807) is 6.08 Å². The van der Waals surface area contributed by atoms with Gasteiger partial charge < -0.3 is 10.2 Å². The lowest BCUT2D eigenvalue weighted by atomic mass is 10.1. The van der Waals surface area contributed by atoms with Crippen LogP contribution in [-0.4, -0.2) is 40.8 Å². The molecule has 0 aliphatic rings. The molecule has 0 aromatic heterocycles. The SMILES string of the molecule is CC(CO)N(C)Cc1ccc(/C=C/C(=O)O)cc1. The van der Waals surface area contributed by atoms with Gasteiger partial charge in [-0.1, -0.05) is 24.3 Å². The van der Waals surface area contributed by atoms with Gasteiger partial charge in [0.1, 0.15) is 0 Å². The fourth-order valence-corrected chi connectivity index (χ4v) is 1.48. The quantitative estimate of drug-likeness (QED) is 0.752. The van der Waals surface area contributed by atoms with Crippen molar-refractivity contribution in [2.45, 2.75) is 19.5 Å². The lowest BCUT2D eigenvalue weighted by Gasteiger charge is -2.22. The van der Waals surface area contributed by atoms with Crippen molar-refractivity contribution in [2.24, 2.45) is 0 Å². The zero-order valence-electron chi connectivity index (χ0n) is 10.7. The number of benzene rings is 1. The van der Waals surface area contributed by atoms with Crippen LogP contribution in [0.15, 0.2) is 30.3 Å². The molecule has 0 amide bonds. The molecule has 0 aliphatic carbocycles. The zero-order valence-corrected chi connectivity index (χ0v) is 10.7. The molecular formula is C14H19NO3. The standard InChI is InChI=1S/C14H19NO3/c1-11(10-16)15(2)9-13-5-3-12(4-6-13)7-8-14(17)18/h3-8,11,16H,9-10H2,1-2H3,(H,17,18)/b8-7+. The van der Waals surface area contributed by atoms with Gasteiger partial charge in [0.05, 0.1) is 6.61 Å². The van der Waals surface area contributed by atoms with E-state index >= 15 is 0 Å². The molecule has 0 aliphatic heterocycles. The minimum atomic E-state index is -0.949. The van der Waals surface area contributed by atoms with E-state index in [0.29, 0.717) is 0 Å². The van der Waals surface area contributed by atoms with Crippen LogP contribution < -0.4 is 0 Å². The fourth-order valence-electron chi connectivity index (χ4n) is 1.48. The number of carboxylic acids is 1. The molecule has 1 atom stereocenters. The molecule has 1 aromatic carbocycles. The maximum absolute atomic E-state index is 10.4. The lowest BCUT2D eigenvalue weighted by Crippen LogP contribution is -2.31. The average Bonchev–Trinajstić information content (AvgIpc) is 2.36. The van der Waals surface area contributed by atoms with Crippen LogP contribution in [-0.2, 0) is 11.3 Å². The van der Waals surface area contributed by atoms with Gasteiger partial charge in [0, 0.05) is 18.7 Å². The number of aliphatic hydroxyl groups is 1. The highest BCUT2D eigenvalue weighted by molar-refractivity contribution is 5.85. The first-order valence-corrected chi connectivity index (χ1v) is 5.84. The highest BCUT2D eigenvalue weighted by Crippen LogP contribution is 2.09. The molecule has 18 heavy (non-hydrogen) atoms. The minimum Gasteiger partial charge on any atom is -0.478 e. The molecule has 0 saturated heterocycles. The predicted octanol–water partition coefficient (Wildman–Crippen LogP) is 1.60. The minimum absolute atomic E-state index is 0.122. The van der Waals surface area contributed by atoms with Crippen LogP contribution in [0.1, 0.15) is 18.1 Å². The fraction of sp³-hybridized carbons (Fsp3) is 0.357. The van der Waals surface area contributed by atoms with Gasteiger partial charge in [0.15, 0.2) is 0 Å². The van der Waals surface area contributed by atoms with E-state index in [4.69, 9.17) is 10.2 Å². The van der Waals surface area contributed by atoms with Crippen LogP contribution in [0.4, 0.5) is 0 Å². The van der Waals surface area contributed by atoms with Crippen LogP contribution >= 0.6 is 0 Å². The zero-order chi connectivity index (χ0) is 13.5. The van der Waals surface area contributed by atoms with Crippen LogP contribution in [0.25, 0.3) is 6.08 Å². The molecule has 1 aromatic rings. The summed E-state index contributed by atoms with van der Waals surface area (Å²) in [7, 11) is 1.96. The Morgan fingerprint density at radius 1 is 1.39 bits per heavy atom. The van der Waals surface area contributed by atoms with E-state index < -0.39 is 5.97 Å². The Hall–Kier alpha value is -1.65. The Labute approximate surface area is 107 Å². The van der Waals surface area contributed by atoms with Gasteiger partial charge in [-0.2, -0.15) is 0 Å². The highest BCUT2D eigenvalue weighted by Gasteiger charge is 2.07. The summed E-state index contributed by atoms with van der Waals surface area (Å²) >= 11 is 0. The molecule has 4 heteroatoms. The number of aliphatic carboxylic acids is 1. The second-order valence-electron chi connectivity index (χ2n) is 4.36. The van der Waals surface area contributed by atoms with Crippen molar-refractivity contribution in [3.63, 3.8) is 0 Å². The summed E-state index contributed by atoms with van der Waals surface area (Å²) in [4.78, 5) is 12.4. The second kappa shape index (κ2) is 6.93. The first-order valence-electron chi connectivity index (χ1n) is 5.84. The number of nitrogens with zero attached hydrogens (tertiary/aromatic N) is 1. The Balaban J connectivity index is 2.63. The summed E-state index contributed by atoms with van der Waals surface area (Å²) in [5.74, 6) is -0.949. The van der Waals surface area contributed by atoms with Gasteiger partial charge in [-0.3, -0.25) is 4.90 Å². The molecule has 0 spiro atoms. The first-order chi connectivity index (χ1) is 8.52. The number of aliphatic hydroxyl groups excluding tert-OH is 1. The molecule has 98 valence electrons. The summed E-state index contributed by atoms with van der Waals surface area (Å²) in [5, 5.41) is 17.6. The average molecular weight is 249 g/mol. The molecule has 1 unspecified atom stereocenters. The molecule has 0 heterocycles. The van der Waals surface area contributed by atoms with E-state index in [1.807, 2.05) is 38.2 Å². The number of hydrogen-bond acceptors (Lipinski definition) is 3. The number of carbonyl (C=O) groups is 1. The molecule has 0 radical (unpaired) electrons. The maximum atomic E-state index is 10.4. The van der Waals surface area contributed by atoms with Crippen molar-refractivity contribution in [3.05, 3.63) is 41.5 Å². The topological polar surface area (TPSA) is 60.8 Å². The van der Waals surface area contributed by atoms with Crippen molar-refractivity contribution in [1.82, 2.24) is 4.90 Å². The Morgan fingerprint density at radius 2 is 2.00 bits per heavy atom. The van der Waals surface area contributed by atoms with Gasteiger partial charge >= 0.3 is 5.97 Å². The van der Waals surface area contributed by atoms with Crippen LogP contribution in [0, 0.1) is 0 Å². The summed E-state index contributed by atoms with van der Waals surface area (Å²) < 4.78 is 0. The van der Waals surface area contributed by atoms with E-state index in [9.17, 15) is 4.79 Å². The Kier molecular flexibility index (Phi) is 5.55. The van der Waals surface area contributed by atoms with Crippen molar-refractivity contribution in [2.75, 3.05) is 13.7 Å². The van der Waals surface area contributed by atoms with Crippen molar-refractivity contribution < 1.29 is 15.0 Å². The maximum Gasteiger partial charge on any atom is 0.328 e. The predicted molar refractivity (Wildman–Crippen MR) is 71.1 cm³/mol. The largest absolute Gasteiger partial charge is 0.478 e. The van der Waals surface area contributed by atoms with Crippen LogP contribution in [0.2, 0.25) is 0 Å². The van der Waals surface area contributed by atoms with Crippen LogP contribution in [0.5, 0.6) is 0 Å². The Morgan fingerprint density at radius 3 is 2.50 bits per heavy atom. The van der Waals surface area contributed by atoms with Crippen LogP contribution in [0.3, 0.4) is 0 Å².